The molecule has 0 aromatic heterocycles. The molecule has 18 heavy (non-hydrogen) atoms. The molecule has 0 unspecified atom stereocenters. The number of hydrogen-bond donors (Lipinski definition) is 4. The van der Waals surface area contributed by atoms with E-state index in [0.29, 0.717) is 0 Å². The smallest absolute Gasteiger partial charge is 0.790 e. The summed E-state index contributed by atoms with van der Waals surface area (Å²) in [5.74, 6) is 0. The van der Waals surface area contributed by atoms with E-state index in [4.69, 9.17) is 10.8 Å². The van der Waals surface area contributed by atoms with Crippen LogP contribution < -0.4 is 74.6 Å². The van der Waals surface area contributed by atoms with E-state index in [1.807, 2.05) is 0 Å². The number of hydrogen-bond acceptors (Lipinski definition) is 9. The van der Waals surface area contributed by atoms with Crippen LogP contribution in [0.3, 0.4) is 0 Å². The summed E-state index contributed by atoms with van der Waals surface area (Å²) in [5, 5.41) is 27.5. The summed E-state index contributed by atoms with van der Waals surface area (Å²) in [7, 11) is -5.36. The zero-order chi connectivity index (χ0) is 12.5. The van der Waals surface area contributed by atoms with Gasteiger partial charge in [0.05, 0.1) is 20.5 Å². The molecule has 0 aromatic carbocycles. The Morgan fingerprint density at radius 3 is 2.17 bits per heavy atom. The molecule has 12 heteroatoms. The summed E-state index contributed by atoms with van der Waals surface area (Å²) in [6.07, 6.45) is -6.13. The van der Waals surface area contributed by atoms with E-state index in [0.717, 1.165) is 0 Å². The van der Waals surface area contributed by atoms with Crippen molar-refractivity contribution in [3.05, 3.63) is 0 Å². The predicted molar refractivity (Wildman–Crippen MR) is 44.4 cm³/mol. The van der Waals surface area contributed by atoms with Gasteiger partial charge in [0, 0.05) is 0 Å². The van der Waals surface area contributed by atoms with Gasteiger partial charge in [-0.15, -0.1) is 0 Å². The minimum atomic E-state index is -5.36. The van der Waals surface area contributed by atoms with Crippen LogP contribution in [0.4, 0.5) is 0 Å². The van der Waals surface area contributed by atoms with Gasteiger partial charge in [-0.05, 0) is 0 Å². The molecule has 0 radical (unpaired) electrons. The molecule has 0 aromatic rings. The second kappa shape index (κ2) is 9.04. The van der Waals surface area contributed by atoms with Crippen LogP contribution in [0.25, 0.3) is 0 Å². The molecule has 5 N–H and O–H groups in total. The molecule has 1 fully saturated rings. The Labute approximate surface area is 147 Å². The fourth-order valence-electron chi connectivity index (χ4n) is 1.33. The van der Waals surface area contributed by atoms with E-state index in [1.54, 1.807) is 0 Å². The molecule has 0 amide bonds. The topological polar surface area (TPSA) is 168 Å². The minimum Gasteiger partial charge on any atom is -0.790 e. The standard InChI is InChI=1S/C6H14NO8P.2Na/c7-3-4(9)2(1-8)14-6(5(3)10)15-16(11,12)13;;/h2-6,8-10H,1,7H2,(H2,11,12,13);;/q;2*+1/p-2/t2-,3+,4-,5-,6-;;/m1../s1. The molecule has 1 saturated heterocycles. The third-order valence-electron chi connectivity index (χ3n) is 2.17. The molecule has 9 nitrogen and oxygen atoms in total. The fourth-order valence-corrected chi connectivity index (χ4v) is 1.76. The quantitative estimate of drug-likeness (QED) is 0.292. The van der Waals surface area contributed by atoms with Crippen molar-refractivity contribution in [3.8, 4) is 0 Å². The summed E-state index contributed by atoms with van der Waals surface area (Å²) in [4.78, 5) is 20.6. The van der Waals surface area contributed by atoms with Crippen LogP contribution in [0.15, 0.2) is 0 Å². The van der Waals surface area contributed by atoms with Crippen LogP contribution in [0.5, 0.6) is 0 Å². The summed E-state index contributed by atoms with van der Waals surface area (Å²) in [6, 6.07) is -1.29. The maximum atomic E-state index is 10.3. The van der Waals surface area contributed by atoms with Gasteiger partial charge in [0.1, 0.15) is 18.3 Å². The van der Waals surface area contributed by atoms with Crippen molar-refractivity contribution in [2.45, 2.75) is 30.6 Å². The van der Waals surface area contributed by atoms with E-state index in [9.17, 15) is 24.6 Å². The first-order valence-corrected chi connectivity index (χ1v) is 5.81. The number of rotatable bonds is 3. The Balaban J connectivity index is 0. The Morgan fingerprint density at radius 2 is 1.78 bits per heavy atom. The van der Waals surface area contributed by atoms with Gasteiger partial charge in [-0.1, -0.05) is 0 Å². The molecule has 0 spiro atoms. The number of nitrogens with two attached hydrogens (primary N) is 1. The van der Waals surface area contributed by atoms with Crippen LogP contribution in [0.1, 0.15) is 0 Å². The number of aliphatic hydroxyl groups is 3. The van der Waals surface area contributed by atoms with Crippen molar-refractivity contribution >= 4 is 7.82 Å². The van der Waals surface area contributed by atoms with Gasteiger partial charge in [0.25, 0.3) is 0 Å². The SMILES string of the molecule is N[C@@H]1[C@@H](O)[C@@H](OP(=O)([O-])[O-])O[C@H](CO)[C@H]1O.[Na+].[Na+]. The van der Waals surface area contributed by atoms with Gasteiger partial charge in [-0.25, -0.2) is 0 Å². The maximum Gasteiger partial charge on any atom is 1.00 e. The Hall–Kier alpha value is 1.91. The molecule has 0 saturated carbocycles. The normalized spacial score (nSPS) is 36.4. The first kappa shape index (κ1) is 22.2. The Bertz CT molecular complexity index is 289. The Kier molecular flexibility index (Phi) is 11.1. The second-order valence-corrected chi connectivity index (χ2v) is 4.44. The second-order valence-electron chi connectivity index (χ2n) is 3.34. The monoisotopic (exact) mass is 303 g/mol. The zero-order valence-corrected chi connectivity index (χ0v) is 14.9. The molecule has 1 aliphatic heterocycles. The van der Waals surface area contributed by atoms with Crippen molar-refractivity contribution < 1.29 is 98.0 Å². The van der Waals surface area contributed by atoms with Crippen molar-refractivity contribution in [2.24, 2.45) is 5.73 Å². The third kappa shape index (κ3) is 6.13. The molecule has 0 aliphatic carbocycles. The molecular weight excluding hydrogens is 291 g/mol. The van der Waals surface area contributed by atoms with Crippen LogP contribution in [0, 0.1) is 0 Å². The molecular formula is C6H12NNa2O8P. The first-order valence-electron chi connectivity index (χ1n) is 4.34. The van der Waals surface area contributed by atoms with Crippen LogP contribution >= 0.6 is 7.82 Å². The van der Waals surface area contributed by atoms with Crippen molar-refractivity contribution in [2.75, 3.05) is 6.61 Å². The van der Waals surface area contributed by atoms with Gasteiger partial charge in [-0.3, -0.25) is 0 Å². The van der Waals surface area contributed by atoms with Gasteiger partial charge >= 0.3 is 59.1 Å². The molecule has 0 bridgehead atoms. The van der Waals surface area contributed by atoms with Gasteiger partial charge in [0.15, 0.2) is 6.29 Å². The number of phosphoric ester groups is 1. The first-order chi connectivity index (χ1) is 7.26. The van der Waals surface area contributed by atoms with Crippen molar-refractivity contribution in [1.29, 1.82) is 0 Å². The average molecular weight is 303 g/mol. The summed E-state index contributed by atoms with van der Waals surface area (Å²) >= 11 is 0. The molecule has 96 valence electrons. The number of aliphatic hydroxyl groups excluding tert-OH is 3. The van der Waals surface area contributed by atoms with E-state index >= 15 is 0 Å². The number of ether oxygens (including phenoxy) is 1. The minimum absolute atomic E-state index is 0. The van der Waals surface area contributed by atoms with E-state index in [-0.39, 0.29) is 59.1 Å². The molecule has 1 rings (SSSR count). The van der Waals surface area contributed by atoms with Crippen LogP contribution in [0.2, 0.25) is 0 Å². The van der Waals surface area contributed by atoms with Crippen molar-refractivity contribution in [3.63, 3.8) is 0 Å². The summed E-state index contributed by atoms with van der Waals surface area (Å²) < 4.78 is 18.9. The molecule has 1 aliphatic rings. The Morgan fingerprint density at radius 1 is 1.28 bits per heavy atom. The molecule has 5 atom stereocenters. The largest absolute Gasteiger partial charge is 1.00 e. The summed E-state index contributed by atoms with van der Waals surface area (Å²) in [5.41, 5.74) is 5.33. The van der Waals surface area contributed by atoms with Crippen molar-refractivity contribution in [1.82, 2.24) is 0 Å². The van der Waals surface area contributed by atoms with Crippen LogP contribution in [-0.2, 0) is 13.8 Å². The predicted octanol–water partition coefficient (Wildman–Crippen LogP) is -10.4. The third-order valence-corrected chi connectivity index (χ3v) is 2.64. The van der Waals surface area contributed by atoms with E-state index < -0.39 is 45.1 Å². The van der Waals surface area contributed by atoms with Crippen LogP contribution in [-0.4, -0.2) is 52.6 Å². The molecule has 1 heterocycles. The maximum absolute atomic E-state index is 10.3. The summed E-state index contributed by atoms with van der Waals surface area (Å²) in [6.45, 7) is -0.663. The average Bonchev–Trinajstić information content (AvgIpc) is 2.17. The van der Waals surface area contributed by atoms with Gasteiger partial charge < -0.3 is 44.7 Å². The van der Waals surface area contributed by atoms with E-state index in [1.165, 1.54) is 0 Å². The zero-order valence-electron chi connectivity index (χ0n) is 10.0. The van der Waals surface area contributed by atoms with Gasteiger partial charge in [-0.2, -0.15) is 0 Å². The number of phosphoric acid groups is 1. The van der Waals surface area contributed by atoms with Gasteiger partial charge in [0.2, 0.25) is 0 Å². The fraction of sp³-hybridized carbons (Fsp3) is 1.00. The van der Waals surface area contributed by atoms with E-state index in [2.05, 4.69) is 9.26 Å².